The maximum absolute atomic E-state index is 11.8. The first-order valence-electron chi connectivity index (χ1n) is 6.12. The van der Waals surface area contributed by atoms with Crippen LogP contribution >= 0.6 is 27.7 Å². The Morgan fingerprint density at radius 1 is 1.48 bits per heavy atom. The molecule has 1 atom stereocenters. The summed E-state index contributed by atoms with van der Waals surface area (Å²) < 4.78 is 0.928. The lowest BCUT2D eigenvalue weighted by Gasteiger charge is -2.24. The van der Waals surface area contributed by atoms with Gasteiger partial charge in [0.15, 0.2) is 0 Å². The summed E-state index contributed by atoms with van der Waals surface area (Å²) in [5.41, 5.74) is 6.46. The van der Waals surface area contributed by atoms with Crippen molar-refractivity contribution >= 4 is 39.5 Å². The van der Waals surface area contributed by atoms with Crippen molar-refractivity contribution in [1.29, 1.82) is 5.26 Å². The van der Waals surface area contributed by atoms with Crippen LogP contribution in [-0.2, 0) is 9.59 Å². The van der Waals surface area contributed by atoms with Gasteiger partial charge in [-0.25, -0.2) is 0 Å². The summed E-state index contributed by atoms with van der Waals surface area (Å²) in [6.45, 7) is 0. The maximum atomic E-state index is 11.8. The molecule has 7 heteroatoms. The zero-order valence-corrected chi connectivity index (χ0v) is 13.3. The second kappa shape index (κ2) is 6.78. The van der Waals surface area contributed by atoms with Gasteiger partial charge in [-0.3, -0.25) is 9.59 Å². The number of carbonyl (C=O) groups is 2. The van der Waals surface area contributed by atoms with Gasteiger partial charge >= 0.3 is 0 Å². The smallest absolute Gasteiger partial charge is 0.227 e. The number of nitrogens with two attached hydrogens (primary N) is 1. The van der Waals surface area contributed by atoms with Crippen molar-refractivity contribution in [3.8, 4) is 6.07 Å². The summed E-state index contributed by atoms with van der Waals surface area (Å²) in [6, 6.07) is 9.63. The maximum Gasteiger partial charge on any atom is 0.227 e. The van der Waals surface area contributed by atoms with E-state index in [9.17, 15) is 14.9 Å². The van der Waals surface area contributed by atoms with Gasteiger partial charge in [-0.15, -0.1) is 0 Å². The fourth-order valence-electron chi connectivity index (χ4n) is 2.06. The first-order chi connectivity index (χ1) is 10.0. The summed E-state index contributed by atoms with van der Waals surface area (Å²) in [7, 11) is 0. The van der Waals surface area contributed by atoms with Crippen LogP contribution in [0.3, 0.4) is 0 Å². The SMILES string of the molecule is N#CC1=C(SCC(N)=O)NC(=O)C[C@H]1c1ccc(Br)cc1. The number of allylic oxidation sites excluding steroid dienone is 1. The summed E-state index contributed by atoms with van der Waals surface area (Å²) in [6.07, 6.45) is 0.213. The average Bonchev–Trinajstić information content (AvgIpc) is 2.45. The van der Waals surface area contributed by atoms with Gasteiger partial charge in [0.05, 0.1) is 22.4 Å². The number of rotatable bonds is 4. The average molecular weight is 366 g/mol. The Hall–Kier alpha value is -1.78. The molecule has 0 spiro atoms. The molecule has 108 valence electrons. The second-order valence-corrected chi connectivity index (χ2v) is 6.37. The molecule has 0 aliphatic carbocycles. The molecule has 5 nitrogen and oxygen atoms in total. The number of hydrogen-bond acceptors (Lipinski definition) is 4. The molecule has 1 aliphatic heterocycles. The first kappa shape index (κ1) is 15.6. The fourth-order valence-corrected chi connectivity index (χ4v) is 3.14. The van der Waals surface area contributed by atoms with Crippen LogP contribution in [-0.4, -0.2) is 17.6 Å². The van der Waals surface area contributed by atoms with Crippen molar-refractivity contribution in [2.75, 3.05) is 5.75 Å². The molecule has 1 heterocycles. The van der Waals surface area contributed by atoms with E-state index in [0.717, 1.165) is 21.8 Å². The van der Waals surface area contributed by atoms with Crippen molar-refractivity contribution in [2.45, 2.75) is 12.3 Å². The van der Waals surface area contributed by atoms with Crippen molar-refractivity contribution in [2.24, 2.45) is 5.73 Å². The Morgan fingerprint density at radius 3 is 2.71 bits per heavy atom. The van der Waals surface area contributed by atoms with Gasteiger partial charge in [0, 0.05) is 16.8 Å². The highest BCUT2D eigenvalue weighted by Gasteiger charge is 2.29. The topological polar surface area (TPSA) is 96.0 Å². The minimum absolute atomic E-state index is 0.0217. The van der Waals surface area contributed by atoms with Crippen LogP contribution in [0.1, 0.15) is 17.9 Å². The lowest BCUT2D eigenvalue weighted by Crippen LogP contribution is -2.31. The number of amides is 2. The predicted octanol–water partition coefficient (Wildman–Crippen LogP) is 2.01. The number of thioether (sulfide) groups is 1. The second-order valence-electron chi connectivity index (χ2n) is 4.47. The van der Waals surface area contributed by atoms with Crippen LogP contribution in [0, 0.1) is 11.3 Å². The van der Waals surface area contributed by atoms with Crippen molar-refractivity contribution in [3.05, 3.63) is 44.9 Å². The highest BCUT2D eigenvalue weighted by atomic mass is 79.9. The molecule has 0 aromatic heterocycles. The number of halogens is 1. The molecule has 0 saturated carbocycles. The van der Waals surface area contributed by atoms with Gasteiger partial charge in [0.2, 0.25) is 11.8 Å². The molecule has 0 saturated heterocycles. The van der Waals surface area contributed by atoms with Gasteiger partial charge in [-0.1, -0.05) is 39.8 Å². The molecule has 0 unspecified atom stereocenters. The third-order valence-electron chi connectivity index (χ3n) is 2.99. The zero-order valence-electron chi connectivity index (χ0n) is 10.9. The van der Waals surface area contributed by atoms with Crippen LogP contribution < -0.4 is 11.1 Å². The van der Waals surface area contributed by atoms with E-state index in [0.29, 0.717) is 10.6 Å². The van der Waals surface area contributed by atoms with E-state index in [1.54, 1.807) is 0 Å². The van der Waals surface area contributed by atoms with Crippen LogP contribution in [0.5, 0.6) is 0 Å². The Kier molecular flexibility index (Phi) is 5.04. The first-order valence-corrected chi connectivity index (χ1v) is 7.89. The fraction of sp³-hybridized carbons (Fsp3) is 0.214. The van der Waals surface area contributed by atoms with Crippen molar-refractivity contribution < 1.29 is 9.59 Å². The number of nitrogens with one attached hydrogen (secondary N) is 1. The Morgan fingerprint density at radius 2 is 2.14 bits per heavy atom. The van der Waals surface area contributed by atoms with Gasteiger partial charge in [-0.2, -0.15) is 5.26 Å². The third kappa shape index (κ3) is 3.86. The Bertz CT molecular complexity index is 649. The molecule has 0 radical (unpaired) electrons. The van der Waals surface area contributed by atoms with E-state index in [1.807, 2.05) is 24.3 Å². The highest BCUT2D eigenvalue weighted by molar-refractivity contribution is 9.10. The molecule has 0 fully saturated rings. The lowest BCUT2D eigenvalue weighted by atomic mass is 9.87. The molecular weight excluding hydrogens is 354 g/mol. The summed E-state index contributed by atoms with van der Waals surface area (Å²) in [4.78, 5) is 22.7. The molecule has 1 aromatic rings. The summed E-state index contributed by atoms with van der Waals surface area (Å²) in [5.74, 6) is -0.945. The van der Waals surface area contributed by atoms with Crippen LogP contribution in [0.25, 0.3) is 0 Å². The van der Waals surface area contributed by atoms with E-state index in [-0.39, 0.29) is 24.0 Å². The highest BCUT2D eigenvalue weighted by Crippen LogP contribution is 2.36. The van der Waals surface area contributed by atoms with Crippen LogP contribution in [0.4, 0.5) is 0 Å². The number of nitriles is 1. The Labute approximate surface area is 134 Å². The van der Waals surface area contributed by atoms with Crippen molar-refractivity contribution in [3.63, 3.8) is 0 Å². The van der Waals surface area contributed by atoms with Gasteiger partial charge < -0.3 is 11.1 Å². The van der Waals surface area contributed by atoms with Gasteiger partial charge in [0.1, 0.15) is 0 Å². The van der Waals surface area contributed by atoms with E-state index in [2.05, 4.69) is 27.3 Å². The van der Waals surface area contributed by atoms with E-state index in [4.69, 9.17) is 5.73 Å². The largest absolute Gasteiger partial charge is 0.369 e. The zero-order chi connectivity index (χ0) is 15.4. The normalized spacial score (nSPS) is 18.1. The standard InChI is InChI=1S/C14H12BrN3O2S/c15-9-3-1-8(2-4-9)10-5-13(20)18-14(11(10)6-16)21-7-12(17)19/h1-4,10H,5,7H2,(H2,17,19)(H,18,20)/t10-/m0/s1. The molecule has 21 heavy (non-hydrogen) atoms. The van der Waals surface area contributed by atoms with Gasteiger partial charge in [0.25, 0.3) is 0 Å². The summed E-state index contributed by atoms with van der Waals surface area (Å²) in [5, 5.41) is 12.5. The number of benzene rings is 1. The van der Waals surface area contributed by atoms with Crippen LogP contribution in [0.15, 0.2) is 39.3 Å². The van der Waals surface area contributed by atoms with E-state index >= 15 is 0 Å². The quantitative estimate of drug-likeness (QED) is 0.852. The minimum atomic E-state index is -0.496. The van der Waals surface area contributed by atoms with E-state index in [1.165, 1.54) is 0 Å². The monoisotopic (exact) mass is 365 g/mol. The number of hydrogen-bond donors (Lipinski definition) is 2. The molecule has 0 bridgehead atoms. The molecule has 2 rings (SSSR count). The minimum Gasteiger partial charge on any atom is -0.369 e. The molecule has 3 N–H and O–H groups in total. The lowest BCUT2D eigenvalue weighted by molar-refractivity contribution is -0.121. The number of nitrogens with zero attached hydrogens (tertiary/aromatic N) is 1. The predicted molar refractivity (Wildman–Crippen MR) is 83.9 cm³/mol. The van der Waals surface area contributed by atoms with Crippen LogP contribution in [0.2, 0.25) is 0 Å². The number of carbonyl (C=O) groups excluding carboxylic acids is 2. The molecule has 1 aromatic carbocycles. The van der Waals surface area contributed by atoms with Crippen molar-refractivity contribution in [1.82, 2.24) is 5.32 Å². The summed E-state index contributed by atoms with van der Waals surface area (Å²) >= 11 is 4.44. The molecule has 1 aliphatic rings. The number of primary amides is 1. The van der Waals surface area contributed by atoms with Gasteiger partial charge in [-0.05, 0) is 17.7 Å². The molecule has 2 amide bonds. The third-order valence-corrected chi connectivity index (χ3v) is 4.56. The molecular formula is C14H12BrN3O2S. The van der Waals surface area contributed by atoms with E-state index < -0.39 is 5.91 Å². The Balaban J connectivity index is 2.36.